The third kappa shape index (κ3) is 3.89. The topological polar surface area (TPSA) is 76.3 Å². The number of hydrogen-bond acceptors (Lipinski definition) is 5. The summed E-state index contributed by atoms with van der Waals surface area (Å²) < 4.78 is 47.8. The molecule has 3 aromatic rings. The van der Waals surface area contributed by atoms with E-state index in [4.69, 9.17) is 4.42 Å². The molecular weight excluding hydrogens is 405 g/mol. The van der Waals surface area contributed by atoms with Gasteiger partial charge in [-0.3, -0.25) is 0 Å². The van der Waals surface area contributed by atoms with Gasteiger partial charge < -0.3 is 4.42 Å². The Labute approximate surface area is 175 Å². The quantitative estimate of drug-likeness (QED) is 0.598. The van der Waals surface area contributed by atoms with E-state index >= 15 is 0 Å². The highest BCUT2D eigenvalue weighted by Gasteiger charge is 2.38. The van der Waals surface area contributed by atoms with E-state index in [-0.39, 0.29) is 23.1 Å². The molecule has 0 bridgehead atoms. The van der Waals surface area contributed by atoms with Crippen LogP contribution in [0.2, 0.25) is 0 Å². The second-order valence-electron chi connectivity index (χ2n) is 7.83. The van der Waals surface area contributed by atoms with Gasteiger partial charge in [0.25, 0.3) is 5.89 Å². The average Bonchev–Trinajstić information content (AvgIpc) is 3.34. The highest BCUT2D eigenvalue weighted by atomic mass is 32.2. The molecule has 0 saturated carbocycles. The van der Waals surface area contributed by atoms with E-state index in [1.54, 1.807) is 18.2 Å². The lowest BCUT2D eigenvalue weighted by Crippen LogP contribution is -2.32. The zero-order valence-corrected chi connectivity index (χ0v) is 18.0. The second kappa shape index (κ2) is 7.92. The number of aryl methyl sites for hydroxylation is 3. The molecule has 30 heavy (non-hydrogen) atoms. The number of rotatable bonds is 5. The zero-order valence-electron chi connectivity index (χ0n) is 17.2. The number of sulfonamides is 1. The molecule has 0 spiro atoms. The van der Waals surface area contributed by atoms with Crippen LogP contribution in [0.3, 0.4) is 0 Å². The third-order valence-electron chi connectivity index (χ3n) is 5.56. The molecule has 1 aromatic heterocycles. The summed E-state index contributed by atoms with van der Waals surface area (Å²) in [6, 6.07) is 9.60. The number of hydrogen-bond donors (Lipinski definition) is 0. The molecule has 8 heteroatoms. The summed E-state index contributed by atoms with van der Waals surface area (Å²) in [6.45, 7) is 6.27. The smallest absolute Gasteiger partial charge is 0.250 e. The Hall–Kier alpha value is -2.58. The van der Waals surface area contributed by atoms with Gasteiger partial charge in [0.05, 0.1) is 11.3 Å². The molecular formula is C22H24FN3O3S. The Morgan fingerprint density at radius 3 is 2.53 bits per heavy atom. The summed E-state index contributed by atoms with van der Waals surface area (Å²) in [5.41, 5.74) is 4.06. The van der Waals surface area contributed by atoms with Crippen LogP contribution in [0.25, 0.3) is 11.5 Å². The fourth-order valence-corrected chi connectivity index (χ4v) is 6.11. The molecule has 1 aliphatic heterocycles. The van der Waals surface area contributed by atoms with Crippen LogP contribution in [-0.2, 0) is 15.8 Å². The number of aromatic nitrogens is 2. The van der Waals surface area contributed by atoms with Gasteiger partial charge in [-0.25, -0.2) is 12.8 Å². The highest BCUT2D eigenvalue weighted by Crippen LogP contribution is 2.36. The summed E-state index contributed by atoms with van der Waals surface area (Å²) in [6.07, 6.45) is 1.29. The second-order valence-corrected chi connectivity index (χ2v) is 9.75. The van der Waals surface area contributed by atoms with Crippen LogP contribution in [0.5, 0.6) is 0 Å². The van der Waals surface area contributed by atoms with Crippen molar-refractivity contribution in [1.29, 1.82) is 0 Å². The van der Waals surface area contributed by atoms with Crippen LogP contribution in [0.4, 0.5) is 4.39 Å². The van der Waals surface area contributed by atoms with Crippen molar-refractivity contribution in [3.05, 3.63) is 70.4 Å². The largest absolute Gasteiger partial charge is 0.419 e. The van der Waals surface area contributed by atoms with Gasteiger partial charge in [0, 0.05) is 6.54 Å². The van der Waals surface area contributed by atoms with E-state index in [0.29, 0.717) is 19.4 Å². The molecule has 2 aromatic carbocycles. The van der Waals surface area contributed by atoms with Crippen LogP contribution in [-0.4, -0.2) is 29.5 Å². The molecule has 6 nitrogen and oxygen atoms in total. The molecule has 1 aliphatic rings. The Balaban J connectivity index is 1.62. The van der Waals surface area contributed by atoms with E-state index < -0.39 is 21.9 Å². The minimum atomic E-state index is -3.60. The highest BCUT2D eigenvalue weighted by molar-refractivity contribution is 7.88. The fraction of sp³-hybridized carbons (Fsp3) is 0.364. The maximum Gasteiger partial charge on any atom is 0.250 e. The lowest BCUT2D eigenvalue weighted by atomic mass is 10.0. The van der Waals surface area contributed by atoms with Crippen molar-refractivity contribution in [3.63, 3.8) is 0 Å². The van der Waals surface area contributed by atoms with Gasteiger partial charge >= 0.3 is 0 Å². The minimum absolute atomic E-state index is 0.0533. The van der Waals surface area contributed by atoms with Gasteiger partial charge in [-0.2, -0.15) is 4.31 Å². The molecule has 1 unspecified atom stereocenters. The standard InChI is InChI=1S/C22H24FN3O3S/c1-14-11-15(2)18(16(3)12-14)13-30(27,28)26-10-6-9-20(26)22-25-24-21(29-22)17-7-4-5-8-19(17)23/h4-5,7-8,11-12,20H,6,9-10,13H2,1-3H3. The molecule has 0 amide bonds. The lowest BCUT2D eigenvalue weighted by molar-refractivity contribution is 0.331. The number of benzene rings is 2. The average molecular weight is 430 g/mol. The Bertz CT molecular complexity index is 1170. The van der Waals surface area contributed by atoms with Crippen LogP contribution in [0, 0.1) is 26.6 Å². The van der Waals surface area contributed by atoms with Crippen LogP contribution in [0.15, 0.2) is 40.8 Å². The third-order valence-corrected chi connectivity index (χ3v) is 7.36. The van der Waals surface area contributed by atoms with Crippen molar-refractivity contribution >= 4 is 10.0 Å². The van der Waals surface area contributed by atoms with Gasteiger partial charge in [-0.15, -0.1) is 10.2 Å². The Morgan fingerprint density at radius 2 is 1.83 bits per heavy atom. The molecule has 158 valence electrons. The molecule has 4 rings (SSSR count). The first-order valence-electron chi connectivity index (χ1n) is 9.91. The first-order chi connectivity index (χ1) is 14.3. The van der Waals surface area contributed by atoms with Gasteiger partial charge in [-0.05, 0) is 62.4 Å². The van der Waals surface area contributed by atoms with E-state index in [1.807, 2.05) is 32.9 Å². The van der Waals surface area contributed by atoms with Crippen molar-refractivity contribution in [2.24, 2.45) is 0 Å². The first-order valence-corrected chi connectivity index (χ1v) is 11.5. The summed E-state index contributed by atoms with van der Waals surface area (Å²) in [5, 5.41) is 8.00. The van der Waals surface area contributed by atoms with Crippen molar-refractivity contribution in [2.75, 3.05) is 6.54 Å². The van der Waals surface area contributed by atoms with Crippen LogP contribution >= 0.6 is 0 Å². The van der Waals surface area contributed by atoms with Crippen molar-refractivity contribution < 1.29 is 17.2 Å². The molecule has 1 saturated heterocycles. The maximum atomic E-state index is 14.0. The number of halogens is 1. The summed E-state index contributed by atoms with van der Waals surface area (Å²) >= 11 is 0. The van der Waals surface area contributed by atoms with Crippen molar-refractivity contribution in [3.8, 4) is 11.5 Å². The lowest BCUT2D eigenvalue weighted by Gasteiger charge is -2.22. The van der Waals surface area contributed by atoms with Crippen molar-refractivity contribution in [2.45, 2.75) is 45.4 Å². The van der Waals surface area contributed by atoms with E-state index in [1.165, 1.54) is 10.4 Å². The van der Waals surface area contributed by atoms with E-state index in [0.717, 1.165) is 22.3 Å². The van der Waals surface area contributed by atoms with Gasteiger partial charge in [-0.1, -0.05) is 29.8 Å². The fourth-order valence-electron chi connectivity index (χ4n) is 4.14. The maximum absolute atomic E-state index is 14.0. The predicted molar refractivity (Wildman–Crippen MR) is 112 cm³/mol. The number of nitrogens with zero attached hydrogens (tertiary/aromatic N) is 3. The summed E-state index contributed by atoms with van der Waals surface area (Å²) in [4.78, 5) is 0. The van der Waals surface area contributed by atoms with Crippen molar-refractivity contribution in [1.82, 2.24) is 14.5 Å². The van der Waals surface area contributed by atoms with Gasteiger partial charge in [0.1, 0.15) is 11.9 Å². The molecule has 1 fully saturated rings. The first kappa shape index (κ1) is 20.7. The van der Waals surface area contributed by atoms with Gasteiger partial charge in [0.2, 0.25) is 15.9 Å². The van der Waals surface area contributed by atoms with E-state index in [2.05, 4.69) is 10.2 Å². The normalized spacial score (nSPS) is 17.5. The zero-order chi connectivity index (χ0) is 21.5. The molecule has 2 heterocycles. The predicted octanol–water partition coefficient (Wildman–Crippen LogP) is 4.47. The van der Waals surface area contributed by atoms with Crippen LogP contribution in [0.1, 0.15) is 47.0 Å². The Morgan fingerprint density at radius 1 is 1.13 bits per heavy atom. The van der Waals surface area contributed by atoms with E-state index in [9.17, 15) is 12.8 Å². The molecule has 0 N–H and O–H groups in total. The van der Waals surface area contributed by atoms with Gasteiger partial charge in [0.15, 0.2) is 0 Å². The summed E-state index contributed by atoms with van der Waals surface area (Å²) in [7, 11) is -3.60. The molecule has 0 aliphatic carbocycles. The SMILES string of the molecule is Cc1cc(C)c(CS(=O)(=O)N2CCCC2c2nnc(-c3ccccc3F)o2)c(C)c1. The molecule has 1 atom stereocenters. The van der Waals surface area contributed by atoms with Crippen LogP contribution < -0.4 is 0 Å². The minimum Gasteiger partial charge on any atom is -0.419 e. The Kier molecular flexibility index (Phi) is 5.46. The summed E-state index contributed by atoms with van der Waals surface area (Å²) in [5.74, 6) is -0.284. The monoisotopic (exact) mass is 429 g/mol. The molecule has 0 radical (unpaired) electrons.